The number of carboxylic acids is 1. The van der Waals surface area contributed by atoms with Gasteiger partial charge in [-0.3, -0.25) is 4.98 Å². The third kappa shape index (κ3) is 2.23. The highest BCUT2D eigenvalue weighted by atomic mass is 35.5. The number of rotatable bonds is 3. The van der Waals surface area contributed by atoms with Gasteiger partial charge in [0, 0.05) is 11.8 Å². The Balaban J connectivity index is 3.42. The van der Waals surface area contributed by atoms with Gasteiger partial charge in [-0.25, -0.2) is 13.6 Å². The van der Waals surface area contributed by atoms with E-state index in [1.165, 1.54) is 6.92 Å². The van der Waals surface area contributed by atoms with Gasteiger partial charge >= 0.3 is 5.97 Å². The van der Waals surface area contributed by atoms with E-state index >= 15 is 0 Å². The van der Waals surface area contributed by atoms with E-state index in [1.807, 2.05) is 0 Å². The third-order valence-corrected chi connectivity index (χ3v) is 2.28. The van der Waals surface area contributed by atoms with Crippen LogP contribution in [-0.4, -0.2) is 16.1 Å². The summed E-state index contributed by atoms with van der Waals surface area (Å²) in [6, 6.07) is 0. The Kier molecular flexibility index (Phi) is 3.57. The number of halogens is 3. The Morgan fingerprint density at radius 2 is 2.27 bits per heavy atom. The van der Waals surface area contributed by atoms with Crippen molar-refractivity contribution in [1.29, 1.82) is 0 Å². The molecule has 15 heavy (non-hydrogen) atoms. The summed E-state index contributed by atoms with van der Waals surface area (Å²) >= 11 is 5.47. The van der Waals surface area contributed by atoms with Crippen LogP contribution in [0.2, 0.25) is 0 Å². The fourth-order valence-electron chi connectivity index (χ4n) is 1.27. The second-order valence-electron chi connectivity index (χ2n) is 2.90. The summed E-state index contributed by atoms with van der Waals surface area (Å²) in [4.78, 5) is 14.4. The first-order chi connectivity index (χ1) is 6.99. The van der Waals surface area contributed by atoms with Gasteiger partial charge in [0.15, 0.2) is 0 Å². The first-order valence-electron chi connectivity index (χ1n) is 4.04. The summed E-state index contributed by atoms with van der Waals surface area (Å²) in [6.07, 6.45) is -1.77. The minimum absolute atomic E-state index is 0.0168. The molecule has 82 valence electrons. The molecule has 1 rings (SSSR count). The fraction of sp³-hybridized carbons (Fsp3) is 0.333. The van der Waals surface area contributed by atoms with E-state index in [4.69, 9.17) is 16.7 Å². The second kappa shape index (κ2) is 4.53. The Labute approximate surface area is 89.7 Å². The van der Waals surface area contributed by atoms with Crippen LogP contribution in [0.5, 0.6) is 0 Å². The van der Waals surface area contributed by atoms with Gasteiger partial charge in [0.05, 0.1) is 17.1 Å². The summed E-state index contributed by atoms with van der Waals surface area (Å²) in [5.74, 6) is -1.41. The van der Waals surface area contributed by atoms with Crippen LogP contribution in [0.15, 0.2) is 6.20 Å². The summed E-state index contributed by atoms with van der Waals surface area (Å²) in [7, 11) is 0. The maximum atomic E-state index is 12.4. The predicted molar refractivity (Wildman–Crippen MR) is 50.4 cm³/mol. The monoisotopic (exact) mass is 235 g/mol. The SMILES string of the molecule is Cc1c(C(F)F)cnc(CCl)c1C(=O)O. The molecular formula is C9H8ClF2NO2. The molecule has 1 N–H and O–H groups in total. The van der Waals surface area contributed by atoms with Crippen molar-refractivity contribution in [3.63, 3.8) is 0 Å². The third-order valence-electron chi connectivity index (χ3n) is 2.03. The summed E-state index contributed by atoms with van der Waals surface area (Å²) in [6.45, 7) is 1.32. The van der Waals surface area contributed by atoms with Crippen molar-refractivity contribution < 1.29 is 18.7 Å². The molecule has 1 heterocycles. The normalized spacial score (nSPS) is 10.7. The maximum Gasteiger partial charge on any atom is 0.337 e. The van der Waals surface area contributed by atoms with Gasteiger partial charge < -0.3 is 5.11 Å². The molecule has 0 saturated carbocycles. The van der Waals surface area contributed by atoms with E-state index in [2.05, 4.69) is 4.98 Å². The number of carboxylic acid groups (broad SMARTS) is 1. The number of hydrogen-bond acceptors (Lipinski definition) is 2. The minimum atomic E-state index is -2.74. The quantitative estimate of drug-likeness (QED) is 0.820. The molecule has 6 heteroatoms. The lowest BCUT2D eigenvalue weighted by molar-refractivity contribution is 0.0694. The number of pyridine rings is 1. The molecule has 0 atom stereocenters. The number of aromatic carboxylic acids is 1. The van der Waals surface area contributed by atoms with E-state index in [0.717, 1.165) is 6.20 Å². The predicted octanol–water partition coefficient (Wildman–Crippen LogP) is 2.76. The molecule has 0 spiro atoms. The Morgan fingerprint density at radius 3 is 2.67 bits per heavy atom. The zero-order chi connectivity index (χ0) is 11.6. The Hall–Kier alpha value is -1.23. The van der Waals surface area contributed by atoms with Crippen LogP contribution in [-0.2, 0) is 5.88 Å². The van der Waals surface area contributed by atoms with Crippen molar-refractivity contribution in [3.8, 4) is 0 Å². The standard InChI is InChI=1S/C9H8ClF2NO2/c1-4-5(8(11)12)3-13-6(2-10)7(4)9(14)15/h3,8H,2H2,1H3,(H,14,15). The lowest BCUT2D eigenvalue weighted by atomic mass is 10.0. The van der Waals surface area contributed by atoms with E-state index < -0.39 is 12.4 Å². The maximum absolute atomic E-state index is 12.4. The van der Waals surface area contributed by atoms with Crippen LogP contribution in [0.25, 0.3) is 0 Å². The molecule has 0 radical (unpaired) electrons. The molecule has 0 fully saturated rings. The van der Waals surface area contributed by atoms with Crippen LogP contribution >= 0.6 is 11.6 Å². The zero-order valence-electron chi connectivity index (χ0n) is 7.80. The molecule has 0 aliphatic carbocycles. The summed E-state index contributed by atoms with van der Waals surface area (Å²) in [5, 5.41) is 8.84. The van der Waals surface area contributed by atoms with Crippen molar-refractivity contribution >= 4 is 17.6 Å². The van der Waals surface area contributed by atoms with Gasteiger partial charge in [0.2, 0.25) is 0 Å². The number of nitrogens with zero attached hydrogens (tertiary/aromatic N) is 1. The highest BCUT2D eigenvalue weighted by molar-refractivity contribution is 6.17. The van der Waals surface area contributed by atoms with Crippen molar-refractivity contribution in [1.82, 2.24) is 4.98 Å². The average molecular weight is 236 g/mol. The van der Waals surface area contributed by atoms with Crippen LogP contribution < -0.4 is 0 Å². The van der Waals surface area contributed by atoms with Crippen LogP contribution in [0.4, 0.5) is 8.78 Å². The highest BCUT2D eigenvalue weighted by Crippen LogP contribution is 2.26. The number of hydrogen-bond donors (Lipinski definition) is 1. The van der Waals surface area contributed by atoms with Gasteiger partial charge in [0.25, 0.3) is 6.43 Å². The molecule has 0 aliphatic rings. The smallest absolute Gasteiger partial charge is 0.337 e. The fourth-order valence-corrected chi connectivity index (χ4v) is 1.48. The second-order valence-corrected chi connectivity index (χ2v) is 3.17. The molecule has 0 amide bonds. The van der Waals surface area contributed by atoms with Crippen molar-refractivity contribution in [2.24, 2.45) is 0 Å². The highest BCUT2D eigenvalue weighted by Gasteiger charge is 2.20. The lowest BCUT2D eigenvalue weighted by Gasteiger charge is -2.10. The molecule has 0 bridgehead atoms. The molecule has 3 nitrogen and oxygen atoms in total. The summed E-state index contributed by atoms with van der Waals surface area (Å²) in [5.41, 5.74) is -0.488. The number of alkyl halides is 3. The van der Waals surface area contributed by atoms with Crippen LogP contribution in [0, 0.1) is 6.92 Å². The first kappa shape index (κ1) is 11.8. The van der Waals surface area contributed by atoms with E-state index in [-0.39, 0.29) is 28.3 Å². The molecule has 0 aliphatic heterocycles. The number of carbonyl (C=O) groups is 1. The lowest BCUT2D eigenvalue weighted by Crippen LogP contribution is -2.09. The van der Waals surface area contributed by atoms with Crippen LogP contribution in [0.3, 0.4) is 0 Å². The topological polar surface area (TPSA) is 50.2 Å². The molecule has 1 aromatic heterocycles. The molecule has 1 aromatic rings. The van der Waals surface area contributed by atoms with Gasteiger partial charge in [-0.1, -0.05) is 0 Å². The van der Waals surface area contributed by atoms with Crippen molar-refractivity contribution in [2.45, 2.75) is 19.2 Å². The van der Waals surface area contributed by atoms with Gasteiger partial charge in [0.1, 0.15) is 0 Å². The Bertz CT molecular complexity index is 396. The largest absolute Gasteiger partial charge is 0.478 e. The average Bonchev–Trinajstić information content (AvgIpc) is 2.15. The molecule has 0 unspecified atom stereocenters. The van der Waals surface area contributed by atoms with Gasteiger partial charge in [-0.2, -0.15) is 0 Å². The minimum Gasteiger partial charge on any atom is -0.478 e. The molecule has 0 aromatic carbocycles. The zero-order valence-corrected chi connectivity index (χ0v) is 8.55. The summed E-state index contributed by atoms with van der Waals surface area (Å²) < 4.78 is 24.9. The van der Waals surface area contributed by atoms with E-state index in [1.54, 1.807) is 0 Å². The van der Waals surface area contributed by atoms with Gasteiger partial charge in [-0.05, 0) is 12.5 Å². The first-order valence-corrected chi connectivity index (χ1v) is 4.58. The van der Waals surface area contributed by atoms with E-state index in [9.17, 15) is 13.6 Å². The van der Waals surface area contributed by atoms with Crippen molar-refractivity contribution in [3.05, 3.63) is 28.6 Å². The molecule has 0 saturated heterocycles. The number of aromatic nitrogens is 1. The molecular weight excluding hydrogens is 228 g/mol. The van der Waals surface area contributed by atoms with Gasteiger partial charge in [-0.15, -0.1) is 11.6 Å². The van der Waals surface area contributed by atoms with Crippen LogP contribution in [0.1, 0.15) is 33.6 Å². The Morgan fingerprint density at radius 1 is 1.67 bits per heavy atom. The van der Waals surface area contributed by atoms with Crippen molar-refractivity contribution in [2.75, 3.05) is 0 Å². The van der Waals surface area contributed by atoms with E-state index in [0.29, 0.717) is 0 Å².